The summed E-state index contributed by atoms with van der Waals surface area (Å²) in [7, 11) is 1.61. The third-order valence-electron chi connectivity index (χ3n) is 5.96. The fourth-order valence-corrected chi connectivity index (χ4v) is 4.56. The summed E-state index contributed by atoms with van der Waals surface area (Å²) in [5, 5.41) is 0. The number of piperidine rings is 1. The van der Waals surface area contributed by atoms with E-state index in [1.165, 1.54) is 51.4 Å². The van der Waals surface area contributed by atoms with Gasteiger partial charge in [-0.2, -0.15) is 0 Å². The molecule has 2 fully saturated rings. The summed E-state index contributed by atoms with van der Waals surface area (Å²) < 4.78 is 5.04. The summed E-state index contributed by atoms with van der Waals surface area (Å²) in [6.07, 6.45) is 15.1. The molecule has 23 heavy (non-hydrogen) atoms. The molecule has 0 bridgehead atoms. The smallest absolute Gasteiger partial charge is 0.316 e. The maximum Gasteiger partial charge on any atom is 0.316 e. The van der Waals surface area contributed by atoms with Gasteiger partial charge in [-0.1, -0.05) is 32.6 Å². The largest absolute Gasteiger partial charge is 0.467 e. The molecule has 0 radical (unpaired) electrons. The van der Waals surface area contributed by atoms with Crippen LogP contribution in [-0.4, -0.2) is 30.2 Å². The van der Waals surface area contributed by atoms with Gasteiger partial charge in [0.25, 0.3) is 0 Å². The van der Waals surface area contributed by atoms with Crippen molar-refractivity contribution in [2.75, 3.05) is 25.1 Å². The summed E-state index contributed by atoms with van der Waals surface area (Å²) in [5.74, 6) is 2.94. The topological polar surface area (TPSA) is 38.2 Å². The van der Waals surface area contributed by atoms with Gasteiger partial charge in [-0.25, -0.2) is 9.97 Å². The van der Waals surface area contributed by atoms with Gasteiger partial charge >= 0.3 is 6.01 Å². The second kappa shape index (κ2) is 7.98. The van der Waals surface area contributed by atoms with Crippen molar-refractivity contribution >= 4 is 5.69 Å². The number of nitrogens with zero attached hydrogens (tertiary/aromatic N) is 3. The van der Waals surface area contributed by atoms with Crippen molar-refractivity contribution in [2.24, 2.45) is 17.8 Å². The number of rotatable bonds is 5. The van der Waals surface area contributed by atoms with Crippen LogP contribution in [-0.2, 0) is 0 Å². The average Bonchev–Trinajstić information content (AvgIpc) is 2.63. The van der Waals surface area contributed by atoms with Crippen LogP contribution in [0.5, 0.6) is 6.01 Å². The van der Waals surface area contributed by atoms with E-state index < -0.39 is 0 Å². The Morgan fingerprint density at radius 3 is 2.17 bits per heavy atom. The van der Waals surface area contributed by atoms with E-state index in [0.29, 0.717) is 6.01 Å². The minimum absolute atomic E-state index is 0.451. The zero-order valence-electron chi connectivity index (χ0n) is 14.7. The quantitative estimate of drug-likeness (QED) is 0.811. The van der Waals surface area contributed by atoms with Crippen molar-refractivity contribution in [1.29, 1.82) is 0 Å². The Hall–Kier alpha value is -1.32. The van der Waals surface area contributed by atoms with E-state index in [-0.39, 0.29) is 0 Å². The second-order valence-electron chi connectivity index (χ2n) is 7.32. The maximum atomic E-state index is 5.04. The number of hydrogen-bond acceptors (Lipinski definition) is 4. The fourth-order valence-electron chi connectivity index (χ4n) is 4.56. The Bertz CT molecular complexity index is 460. The van der Waals surface area contributed by atoms with Crippen LogP contribution in [0, 0.1) is 17.8 Å². The van der Waals surface area contributed by atoms with Gasteiger partial charge in [-0.05, 0) is 43.4 Å². The van der Waals surface area contributed by atoms with Crippen LogP contribution in [0.15, 0.2) is 12.4 Å². The summed E-state index contributed by atoms with van der Waals surface area (Å²) in [5.41, 5.74) is 1.14. The first-order valence-corrected chi connectivity index (χ1v) is 9.41. The van der Waals surface area contributed by atoms with Crippen molar-refractivity contribution in [3.8, 4) is 6.01 Å². The average molecular weight is 317 g/mol. The molecule has 2 aliphatic rings. The minimum Gasteiger partial charge on any atom is -0.467 e. The third kappa shape index (κ3) is 4.15. The first-order valence-electron chi connectivity index (χ1n) is 9.41. The zero-order valence-corrected chi connectivity index (χ0v) is 14.7. The lowest BCUT2D eigenvalue weighted by Gasteiger charge is -2.39. The van der Waals surface area contributed by atoms with E-state index in [1.807, 2.05) is 12.4 Å². The number of methoxy groups -OCH3 is 1. The van der Waals surface area contributed by atoms with Crippen LogP contribution in [0.25, 0.3) is 0 Å². The standard InChI is InChI=1S/C19H31N3O/c1-3-4-15-5-7-16(8-6-15)17-9-11-22(12-10-17)18-13-20-19(23-2)21-14-18/h13-17H,3-12H2,1-2H3. The van der Waals surface area contributed by atoms with E-state index in [0.717, 1.165) is 36.5 Å². The Labute approximate surface area is 140 Å². The molecule has 0 spiro atoms. The molecule has 0 amide bonds. The lowest BCUT2D eigenvalue weighted by atomic mass is 9.72. The molecule has 1 saturated carbocycles. The lowest BCUT2D eigenvalue weighted by Crippen LogP contribution is -2.37. The molecule has 4 heteroatoms. The van der Waals surface area contributed by atoms with E-state index in [1.54, 1.807) is 7.11 Å². The lowest BCUT2D eigenvalue weighted by molar-refractivity contribution is 0.175. The molecule has 1 aliphatic heterocycles. The van der Waals surface area contributed by atoms with Crippen LogP contribution in [0.3, 0.4) is 0 Å². The first-order chi connectivity index (χ1) is 11.3. The Morgan fingerprint density at radius 2 is 1.61 bits per heavy atom. The highest BCUT2D eigenvalue weighted by molar-refractivity contribution is 5.42. The van der Waals surface area contributed by atoms with Gasteiger partial charge in [-0.15, -0.1) is 0 Å². The molecule has 1 aliphatic carbocycles. The molecule has 1 saturated heterocycles. The molecule has 1 aromatic rings. The van der Waals surface area contributed by atoms with Crippen molar-refractivity contribution in [3.63, 3.8) is 0 Å². The van der Waals surface area contributed by atoms with Crippen LogP contribution >= 0.6 is 0 Å². The normalized spacial score (nSPS) is 26.3. The molecule has 2 heterocycles. The molecule has 0 atom stereocenters. The predicted octanol–water partition coefficient (Wildman–Crippen LogP) is 4.31. The van der Waals surface area contributed by atoms with Crippen molar-refractivity contribution < 1.29 is 4.74 Å². The van der Waals surface area contributed by atoms with Crippen LogP contribution in [0.1, 0.15) is 58.3 Å². The Balaban J connectivity index is 1.46. The molecular weight excluding hydrogens is 286 g/mol. The summed E-state index contributed by atoms with van der Waals surface area (Å²) in [6, 6.07) is 0.451. The van der Waals surface area contributed by atoms with Gasteiger partial charge in [0.15, 0.2) is 0 Å². The van der Waals surface area contributed by atoms with Crippen molar-refractivity contribution in [3.05, 3.63) is 12.4 Å². The summed E-state index contributed by atoms with van der Waals surface area (Å²) in [4.78, 5) is 10.9. The van der Waals surface area contributed by atoms with E-state index in [2.05, 4.69) is 21.8 Å². The van der Waals surface area contributed by atoms with Gasteiger partial charge in [0, 0.05) is 13.1 Å². The van der Waals surface area contributed by atoms with Gasteiger partial charge in [0.05, 0.1) is 25.2 Å². The molecule has 0 unspecified atom stereocenters. The maximum absolute atomic E-state index is 5.04. The van der Waals surface area contributed by atoms with Gasteiger partial charge in [0.1, 0.15) is 0 Å². The molecule has 128 valence electrons. The highest BCUT2D eigenvalue weighted by Crippen LogP contribution is 2.39. The molecular formula is C19H31N3O. The van der Waals surface area contributed by atoms with Crippen LogP contribution in [0.2, 0.25) is 0 Å². The molecule has 4 nitrogen and oxygen atoms in total. The van der Waals surface area contributed by atoms with Gasteiger partial charge in [0.2, 0.25) is 0 Å². The van der Waals surface area contributed by atoms with Crippen molar-refractivity contribution in [2.45, 2.75) is 58.3 Å². The van der Waals surface area contributed by atoms with E-state index in [4.69, 9.17) is 4.74 Å². The number of ether oxygens (including phenoxy) is 1. The highest BCUT2D eigenvalue weighted by Gasteiger charge is 2.30. The van der Waals surface area contributed by atoms with E-state index >= 15 is 0 Å². The van der Waals surface area contributed by atoms with Crippen LogP contribution in [0.4, 0.5) is 5.69 Å². The fraction of sp³-hybridized carbons (Fsp3) is 0.789. The molecule has 3 rings (SSSR count). The molecule has 0 aromatic carbocycles. The molecule has 0 N–H and O–H groups in total. The van der Waals surface area contributed by atoms with Gasteiger partial charge < -0.3 is 9.64 Å². The number of hydrogen-bond donors (Lipinski definition) is 0. The Morgan fingerprint density at radius 1 is 1.00 bits per heavy atom. The molecule has 1 aromatic heterocycles. The second-order valence-corrected chi connectivity index (χ2v) is 7.32. The Kier molecular flexibility index (Phi) is 5.74. The SMILES string of the molecule is CCCC1CCC(C2CCN(c3cnc(OC)nc3)CC2)CC1. The van der Waals surface area contributed by atoms with E-state index in [9.17, 15) is 0 Å². The number of aromatic nitrogens is 2. The first kappa shape index (κ1) is 16.5. The van der Waals surface area contributed by atoms with Crippen molar-refractivity contribution in [1.82, 2.24) is 9.97 Å². The monoisotopic (exact) mass is 317 g/mol. The number of anilines is 1. The highest BCUT2D eigenvalue weighted by atomic mass is 16.5. The minimum atomic E-state index is 0.451. The summed E-state index contributed by atoms with van der Waals surface area (Å²) >= 11 is 0. The summed E-state index contributed by atoms with van der Waals surface area (Å²) in [6.45, 7) is 4.62. The van der Waals surface area contributed by atoms with Gasteiger partial charge in [-0.3, -0.25) is 0 Å². The third-order valence-corrected chi connectivity index (χ3v) is 5.96. The predicted molar refractivity (Wildman–Crippen MR) is 93.9 cm³/mol. The zero-order chi connectivity index (χ0) is 16.1. The van der Waals surface area contributed by atoms with Crippen LogP contribution < -0.4 is 9.64 Å².